The zero-order chi connectivity index (χ0) is 17.2. The molecule has 0 bridgehead atoms. The Morgan fingerprint density at radius 1 is 1.36 bits per heavy atom. The number of hydrogen-bond donors (Lipinski definition) is 1. The topological polar surface area (TPSA) is 80.5 Å². The van der Waals surface area contributed by atoms with E-state index in [1.165, 1.54) is 6.20 Å². The highest BCUT2D eigenvalue weighted by molar-refractivity contribution is 5.94. The van der Waals surface area contributed by atoms with Crippen molar-refractivity contribution in [3.05, 3.63) is 41.9 Å². The summed E-state index contributed by atoms with van der Waals surface area (Å²) < 4.78 is 11.1. The summed E-state index contributed by atoms with van der Waals surface area (Å²) >= 11 is 0. The largest absolute Gasteiger partial charge is 0.376 e. The van der Waals surface area contributed by atoms with Crippen LogP contribution in [0.3, 0.4) is 0 Å². The molecular formula is C18H22N4O3. The third-order valence-corrected chi connectivity index (χ3v) is 5.03. The standard InChI is InChI=1S/C18H22N4O3/c1-12-14(9-20-25-12)18(23)22-10-13-5-4-8-24-17(13)15(11-22)21-16-6-2-3-7-19-16/h2-3,6-7,9,13,15,17H,4-5,8,10-11H2,1H3,(H,19,21)/t13-,15+,17-/m0/s1. The highest BCUT2D eigenvalue weighted by atomic mass is 16.5. The minimum Gasteiger partial charge on any atom is -0.376 e. The van der Waals surface area contributed by atoms with Crippen molar-refractivity contribution in [2.75, 3.05) is 25.0 Å². The summed E-state index contributed by atoms with van der Waals surface area (Å²) in [6.45, 7) is 3.82. The summed E-state index contributed by atoms with van der Waals surface area (Å²) in [4.78, 5) is 19.1. The molecule has 2 aromatic heterocycles. The van der Waals surface area contributed by atoms with Crippen molar-refractivity contribution in [1.82, 2.24) is 15.0 Å². The molecule has 4 rings (SSSR count). The van der Waals surface area contributed by atoms with Crippen LogP contribution in [0.25, 0.3) is 0 Å². The van der Waals surface area contributed by atoms with Crippen LogP contribution in [0.1, 0.15) is 29.0 Å². The fourth-order valence-electron chi connectivity index (χ4n) is 3.81. The lowest BCUT2D eigenvalue weighted by Crippen LogP contribution is -2.59. The zero-order valence-corrected chi connectivity index (χ0v) is 14.2. The third kappa shape index (κ3) is 3.24. The number of ether oxygens (including phenoxy) is 1. The van der Waals surface area contributed by atoms with Gasteiger partial charge < -0.3 is 19.5 Å². The molecule has 25 heavy (non-hydrogen) atoms. The number of nitrogens with one attached hydrogen (secondary N) is 1. The molecule has 0 saturated carbocycles. The first-order chi connectivity index (χ1) is 12.2. The Morgan fingerprint density at radius 3 is 3.04 bits per heavy atom. The summed E-state index contributed by atoms with van der Waals surface area (Å²) in [5, 5.41) is 7.19. The highest BCUT2D eigenvalue weighted by Crippen LogP contribution is 2.31. The molecule has 132 valence electrons. The predicted molar refractivity (Wildman–Crippen MR) is 91.3 cm³/mol. The summed E-state index contributed by atoms with van der Waals surface area (Å²) in [5.41, 5.74) is 0.534. The lowest BCUT2D eigenvalue weighted by atomic mass is 9.85. The normalized spacial score (nSPS) is 26.1. The number of fused-ring (bicyclic) bond motifs is 1. The molecule has 7 nitrogen and oxygen atoms in total. The van der Waals surface area contributed by atoms with Gasteiger partial charge in [0.15, 0.2) is 0 Å². The van der Waals surface area contributed by atoms with Crippen LogP contribution in [-0.4, -0.2) is 52.8 Å². The van der Waals surface area contributed by atoms with E-state index in [1.54, 1.807) is 13.1 Å². The van der Waals surface area contributed by atoms with Gasteiger partial charge in [0, 0.05) is 31.8 Å². The first kappa shape index (κ1) is 16.1. The van der Waals surface area contributed by atoms with Crippen LogP contribution < -0.4 is 5.32 Å². The van der Waals surface area contributed by atoms with Crippen molar-refractivity contribution in [1.29, 1.82) is 0 Å². The van der Waals surface area contributed by atoms with E-state index in [2.05, 4.69) is 15.5 Å². The number of aromatic nitrogens is 2. The number of rotatable bonds is 3. The molecule has 0 aromatic carbocycles. The molecule has 4 heterocycles. The van der Waals surface area contributed by atoms with Crippen LogP contribution in [0.5, 0.6) is 0 Å². The van der Waals surface area contributed by atoms with Gasteiger partial charge >= 0.3 is 0 Å². The summed E-state index contributed by atoms with van der Waals surface area (Å²) in [6.07, 6.45) is 5.46. The monoisotopic (exact) mass is 342 g/mol. The number of carbonyl (C=O) groups excluding carboxylic acids is 1. The second kappa shape index (κ2) is 6.84. The van der Waals surface area contributed by atoms with Crippen molar-refractivity contribution in [3.8, 4) is 0 Å². The van der Waals surface area contributed by atoms with E-state index >= 15 is 0 Å². The van der Waals surface area contributed by atoms with Gasteiger partial charge in [-0.15, -0.1) is 0 Å². The van der Waals surface area contributed by atoms with Crippen LogP contribution >= 0.6 is 0 Å². The van der Waals surface area contributed by atoms with Crippen LogP contribution in [0.15, 0.2) is 35.1 Å². The van der Waals surface area contributed by atoms with Crippen LogP contribution in [0.2, 0.25) is 0 Å². The summed E-state index contributed by atoms with van der Waals surface area (Å²) in [6, 6.07) is 5.78. The average molecular weight is 342 g/mol. The molecule has 0 unspecified atom stereocenters. The smallest absolute Gasteiger partial charge is 0.259 e. The number of amides is 1. The van der Waals surface area contributed by atoms with Gasteiger partial charge in [-0.2, -0.15) is 0 Å². The quantitative estimate of drug-likeness (QED) is 0.920. The van der Waals surface area contributed by atoms with E-state index in [1.807, 2.05) is 23.1 Å². The van der Waals surface area contributed by atoms with Gasteiger partial charge in [-0.05, 0) is 31.9 Å². The van der Waals surface area contributed by atoms with Crippen molar-refractivity contribution >= 4 is 11.7 Å². The molecule has 1 amide bonds. The number of carbonyl (C=O) groups is 1. The highest BCUT2D eigenvalue weighted by Gasteiger charge is 2.41. The maximum atomic E-state index is 12.9. The van der Waals surface area contributed by atoms with E-state index in [4.69, 9.17) is 9.26 Å². The Kier molecular flexibility index (Phi) is 4.40. The minimum atomic E-state index is -0.0319. The molecule has 0 aliphatic carbocycles. The molecule has 7 heteroatoms. The molecule has 0 radical (unpaired) electrons. The Morgan fingerprint density at radius 2 is 2.28 bits per heavy atom. The lowest BCUT2D eigenvalue weighted by molar-refractivity contribution is -0.0676. The Bertz CT molecular complexity index is 733. The van der Waals surface area contributed by atoms with Crippen molar-refractivity contribution in [2.24, 2.45) is 5.92 Å². The van der Waals surface area contributed by atoms with Gasteiger partial charge in [0.05, 0.1) is 18.3 Å². The van der Waals surface area contributed by atoms with Gasteiger partial charge in [-0.25, -0.2) is 4.98 Å². The van der Waals surface area contributed by atoms with E-state index in [9.17, 15) is 4.79 Å². The summed E-state index contributed by atoms with van der Waals surface area (Å²) in [7, 11) is 0. The van der Waals surface area contributed by atoms with Crippen LogP contribution in [0, 0.1) is 12.8 Å². The van der Waals surface area contributed by atoms with Crippen molar-refractivity contribution < 1.29 is 14.1 Å². The Hall–Kier alpha value is -2.41. The van der Waals surface area contributed by atoms with E-state index in [-0.39, 0.29) is 18.1 Å². The predicted octanol–water partition coefficient (Wildman–Crippen LogP) is 2.11. The number of piperidine rings is 1. The van der Waals surface area contributed by atoms with E-state index < -0.39 is 0 Å². The first-order valence-corrected chi connectivity index (χ1v) is 8.72. The van der Waals surface area contributed by atoms with Crippen molar-refractivity contribution in [3.63, 3.8) is 0 Å². The van der Waals surface area contributed by atoms with Crippen LogP contribution in [-0.2, 0) is 4.74 Å². The second-order valence-electron chi connectivity index (χ2n) is 6.71. The number of aryl methyl sites for hydroxylation is 1. The Labute approximate surface area is 146 Å². The van der Waals surface area contributed by atoms with E-state index in [0.29, 0.717) is 30.3 Å². The van der Waals surface area contributed by atoms with Crippen LogP contribution in [0.4, 0.5) is 5.82 Å². The number of nitrogens with zero attached hydrogens (tertiary/aromatic N) is 3. The number of hydrogen-bond acceptors (Lipinski definition) is 6. The number of pyridine rings is 1. The maximum absolute atomic E-state index is 12.9. The molecule has 2 aliphatic heterocycles. The second-order valence-corrected chi connectivity index (χ2v) is 6.71. The van der Waals surface area contributed by atoms with Crippen molar-refractivity contribution in [2.45, 2.75) is 31.9 Å². The Balaban J connectivity index is 1.56. The SMILES string of the molecule is Cc1oncc1C(=O)N1C[C@@H]2CCCO[C@@H]2[C@H](Nc2ccccn2)C1. The molecule has 2 aromatic rings. The lowest BCUT2D eigenvalue weighted by Gasteiger charge is -2.46. The van der Waals surface area contributed by atoms with Gasteiger partial charge in [0.25, 0.3) is 5.91 Å². The maximum Gasteiger partial charge on any atom is 0.259 e. The number of anilines is 1. The fourth-order valence-corrected chi connectivity index (χ4v) is 3.81. The fraction of sp³-hybridized carbons (Fsp3) is 0.500. The summed E-state index contributed by atoms with van der Waals surface area (Å²) in [5.74, 6) is 1.65. The zero-order valence-electron chi connectivity index (χ0n) is 14.2. The molecule has 2 aliphatic rings. The van der Waals surface area contributed by atoms with E-state index in [0.717, 1.165) is 25.3 Å². The minimum absolute atomic E-state index is 0.0121. The average Bonchev–Trinajstić information content (AvgIpc) is 3.08. The van der Waals surface area contributed by atoms with Gasteiger partial charge in [0.2, 0.25) is 0 Å². The molecule has 1 N–H and O–H groups in total. The third-order valence-electron chi connectivity index (χ3n) is 5.03. The first-order valence-electron chi connectivity index (χ1n) is 8.72. The molecule has 0 spiro atoms. The molecule has 2 fully saturated rings. The van der Waals surface area contributed by atoms with Gasteiger partial charge in [-0.3, -0.25) is 4.79 Å². The molecule has 3 atom stereocenters. The van der Waals surface area contributed by atoms with Gasteiger partial charge in [0.1, 0.15) is 17.1 Å². The molecular weight excluding hydrogens is 320 g/mol. The van der Waals surface area contributed by atoms with Gasteiger partial charge in [-0.1, -0.05) is 11.2 Å². The molecule has 2 saturated heterocycles. The number of likely N-dealkylation sites (tertiary alicyclic amines) is 1.